The van der Waals surface area contributed by atoms with Gasteiger partial charge < -0.3 is 15.3 Å². The van der Waals surface area contributed by atoms with E-state index >= 15 is 0 Å². The molecule has 4 atom stereocenters. The molecule has 18 heavy (non-hydrogen) atoms. The highest BCUT2D eigenvalue weighted by Gasteiger charge is 2.56. The van der Waals surface area contributed by atoms with Gasteiger partial charge in [-0.1, -0.05) is 20.1 Å². The highest BCUT2D eigenvalue weighted by atomic mass is 16.3. The Hall–Kier alpha value is -0.640. The molecule has 3 heteroatoms. The maximum Gasteiger partial charge on any atom is 0.0937 e. The van der Waals surface area contributed by atoms with Gasteiger partial charge in [-0.15, -0.1) is 0 Å². The Morgan fingerprint density at radius 3 is 2.61 bits per heavy atom. The fourth-order valence-electron chi connectivity index (χ4n) is 3.64. The Morgan fingerprint density at radius 1 is 1.39 bits per heavy atom. The van der Waals surface area contributed by atoms with Crippen LogP contribution in [0.3, 0.4) is 0 Å². The first-order valence-corrected chi connectivity index (χ1v) is 6.72. The number of hydrogen-bond donors (Lipinski definition) is 3. The molecule has 0 aromatic carbocycles. The summed E-state index contributed by atoms with van der Waals surface area (Å²) in [5.41, 5.74) is 0.103. The molecular formula is C15H24O3. The summed E-state index contributed by atoms with van der Waals surface area (Å²) in [4.78, 5) is 0. The van der Waals surface area contributed by atoms with Gasteiger partial charge in [-0.2, -0.15) is 0 Å². The van der Waals surface area contributed by atoms with E-state index in [0.29, 0.717) is 18.4 Å². The molecule has 2 saturated carbocycles. The zero-order chi connectivity index (χ0) is 13.6. The maximum absolute atomic E-state index is 11.0. The number of aliphatic hydroxyl groups excluding tert-OH is 2. The highest BCUT2D eigenvalue weighted by Crippen LogP contribution is 2.56. The number of aliphatic hydroxyl groups is 3. The van der Waals surface area contributed by atoms with Crippen LogP contribution in [0.5, 0.6) is 0 Å². The van der Waals surface area contributed by atoms with Gasteiger partial charge in [0, 0.05) is 5.41 Å². The lowest BCUT2D eigenvalue weighted by molar-refractivity contribution is -0.125. The summed E-state index contributed by atoms with van der Waals surface area (Å²) in [6, 6.07) is 0. The quantitative estimate of drug-likeness (QED) is 0.657. The zero-order valence-corrected chi connectivity index (χ0v) is 11.2. The van der Waals surface area contributed by atoms with Gasteiger partial charge in [0.1, 0.15) is 0 Å². The van der Waals surface area contributed by atoms with Gasteiger partial charge in [0.15, 0.2) is 0 Å². The van der Waals surface area contributed by atoms with E-state index in [1.807, 2.05) is 0 Å². The van der Waals surface area contributed by atoms with Crippen LogP contribution in [0.15, 0.2) is 24.3 Å². The SMILES string of the molecule is C=C(CO)C1CCC2(C)CCC(O)C(=C)C2(O)C1. The van der Waals surface area contributed by atoms with E-state index in [9.17, 15) is 15.3 Å². The van der Waals surface area contributed by atoms with E-state index in [4.69, 9.17) is 0 Å². The minimum atomic E-state index is -1.02. The van der Waals surface area contributed by atoms with Crippen LogP contribution in [0, 0.1) is 11.3 Å². The molecular weight excluding hydrogens is 228 g/mol. The molecule has 0 amide bonds. The first-order valence-electron chi connectivity index (χ1n) is 6.72. The van der Waals surface area contributed by atoms with Crippen molar-refractivity contribution in [3.63, 3.8) is 0 Å². The van der Waals surface area contributed by atoms with Gasteiger partial charge in [-0.05, 0) is 49.2 Å². The van der Waals surface area contributed by atoms with E-state index in [1.54, 1.807) is 0 Å². The molecule has 0 bridgehead atoms. The lowest BCUT2D eigenvalue weighted by Gasteiger charge is -2.56. The molecule has 0 aromatic rings. The summed E-state index contributed by atoms with van der Waals surface area (Å²) in [6.07, 6.45) is 3.26. The third-order valence-electron chi connectivity index (χ3n) is 5.27. The fraction of sp³-hybridized carbons (Fsp3) is 0.733. The van der Waals surface area contributed by atoms with Crippen LogP contribution >= 0.6 is 0 Å². The zero-order valence-electron chi connectivity index (χ0n) is 11.2. The van der Waals surface area contributed by atoms with Gasteiger partial charge in [0.25, 0.3) is 0 Å². The van der Waals surface area contributed by atoms with Gasteiger partial charge >= 0.3 is 0 Å². The summed E-state index contributed by atoms with van der Waals surface area (Å²) < 4.78 is 0. The topological polar surface area (TPSA) is 60.7 Å². The maximum atomic E-state index is 11.0. The van der Waals surface area contributed by atoms with Crippen molar-refractivity contribution in [1.82, 2.24) is 0 Å². The molecule has 0 spiro atoms. The van der Waals surface area contributed by atoms with Gasteiger partial charge in [0.05, 0.1) is 18.3 Å². The molecule has 0 aliphatic heterocycles. The molecule has 3 N–H and O–H groups in total. The summed E-state index contributed by atoms with van der Waals surface area (Å²) in [5, 5.41) is 30.2. The van der Waals surface area contributed by atoms with Crippen molar-refractivity contribution in [1.29, 1.82) is 0 Å². The summed E-state index contributed by atoms with van der Waals surface area (Å²) in [6.45, 7) is 9.85. The standard InChI is InChI=1S/C15H24O3/c1-10(9-16)12-4-6-14(3)7-5-13(17)11(2)15(14,18)8-12/h12-13,16-18H,1-2,4-9H2,3H3. The Labute approximate surface area is 109 Å². The molecule has 3 nitrogen and oxygen atoms in total. The second-order valence-electron chi connectivity index (χ2n) is 6.26. The van der Waals surface area contributed by atoms with Gasteiger partial charge in [-0.25, -0.2) is 0 Å². The van der Waals surface area contributed by atoms with Crippen molar-refractivity contribution in [2.75, 3.05) is 6.61 Å². The largest absolute Gasteiger partial charge is 0.392 e. The second-order valence-corrected chi connectivity index (χ2v) is 6.26. The Kier molecular flexibility index (Phi) is 3.43. The molecule has 2 rings (SSSR count). The van der Waals surface area contributed by atoms with Crippen molar-refractivity contribution in [2.24, 2.45) is 11.3 Å². The minimum absolute atomic E-state index is 0.0352. The Bertz CT molecular complexity index is 376. The smallest absolute Gasteiger partial charge is 0.0937 e. The highest BCUT2D eigenvalue weighted by molar-refractivity contribution is 5.28. The van der Waals surface area contributed by atoms with Crippen LogP contribution in [0.4, 0.5) is 0 Å². The van der Waals surface area contributed by atoms with E-state index < -0.39 is 11.7 Å². The summed E-state index contributed by atoms with van der Waals surface area (Å²) in [7, 11) is 0. The van der Waals surface area contributed by atoms with E-state index in [0.717, 1.165) is 24.8 Å². The predicted molar refractivity (Wildman–Crippen MR) is 71.0 cm³/mol. The predicted octanol–water partition coefficient (Wildman–Crippen LogP) is 1.78. The molecule has 102 valence electrons. The number of fused-ring (bicyclic) bond motifs is 1. The third-order valence-corrected chi connectivity index (χ3v) is 5.27. The lowest BCUT2D eigenvalue weighted by Crippen LogP contribution is -2.57. The molecule has 2 aliphatic rings. The van der Waals surface area contributed by atoms with Crippen LogP contribution in [0.2, 0.25) is 0 Å². The molecule has 4 unspecified atom stereocenters. The molecule has 0 radical (unpaired) electrons. The van der Waals surface area contributed by atoms with Crippen molar-refractivity contribution < 1.29 is 15.3 Å². The van der Waals surface area contributed by atoms with Crippen molar-refractivity contribution in [2.45, 2.75) is 50.7 Å². The molecule has 2 fully saturated rings. The molecule has 0 heterocycles. The number of hydrogen-bond acceptors (Lipinski definition) is 3. The van der Waals surface area contributed by atoms with Gasteiger partial charge in [-0.3, -0.25) is 0 Å². The van der Waals surface area contributed by atoms with Crippen LogP contribution in [0.25, 0.3) is 0 Å². The van der Waals surface area contributed by atoms with Crippen molar-refractivity contribution in [3.8, 4) is 0 Å². The number of rotatable bonds is 2. The summed E-state index contributed by atoms with van der Waals surface area (Å²) in [5.74, 6) is 0.120. The third kappa shape index (κ3) is 1.85. The summed E-state index contributed by atoms with van der Waals surface area (Å²) >= 11 is 0. The first kappa shape index (κ1) is 13.8. The van der Waals surface area contributed by atoms with E-state index in [1.165, 1.54) is 0 Å². The molecule has 2 aliphatic carbocycles. The van der Waals surface area contributed by atoms with Crippen molar-refractivity contribution >= 4 is 0 Å². The second kappa shape index (κ2) is 4.48. The van der Waals surface area contributed by atoms with Crippen LogP contribution < -0.4 is 0 Å². The fourth-order valence-corrected chi connectivity index (χ4v) is 3.64. The van der Waals surface area contributed by atoms with E-state index in [2.05, 4.69) is 20.1 Å². The van der Waals surface area contributed by atoms with Crippen LogP contribution in [-0.2, 0) is 0 Å². The average Bonchev–Trinajstić information content (AvgIpc) is 2.36. The van der Waals surface area contributed by atoms with E-state index in [-0.39, 0.29) is 17.9 Å². The normalized spacial score (nSPS) is 44.6. The Morgan fingerprint density at radius 2 is 2.00 bits per heavy atom. The monoisotopic (exact) mass is 252 g/mol. The first-order chi connectivity index (χ1) is 8.34. The van der Waals surface area contributed by atoms with Crippen molar-refractivity contribution in [3.05, 3.63) is 24.3 Å². The van der Waals surface area contributed by atoms with Crippen LogP contribution in [-0.4, -0.2) is 33.6 Å². The lowest BCUT2D eigenvalue weighted by atomic mass is 9.53. The average molecular weight is 252 g/mol. The Balaban J connectivity index is 2.29. The van der Waals surface area contributed by atoms with Crippen LogP contribution in [0.1, 0.15) is 39.0 Å². The molecule has 0 aromatic heterocycles. The van der Waals surface area contributed by atoms with Gasteiger partial charge in [0.2, 0.25) is 0 Å². The molecule has 0 saturated heterocycles. The minimum Gasteiger partial charge on any atom is -0.392 e.